The fraction of sp³-hybridized carbons (Fsp3) is 0.708. The van der Waals surface area contributed by atoms with Gasteiger partial charge in [0.15, 0.2) is 5.96 Å². The number of piperidine rings is 1. The van der Waals surface area contributed by atoms with Crippen molar-refractivity contribution < 1.29 is 4.74 Å². The van der Waals surface area contributed by atoms with Crippen LogP contribution in [0.5, 0.6) is 0 Å². The maximum absolute atomic E-state index is 5.52. The van der Waals surface area contributed by atoms with Gasteiger partial charge in [0.1, 0.15) is 0 Å². The summed E-state index contributed by atoms with van der Waals surface area (Å²) in [7, 11) is 0. The molecule has 2 N–H and O–H groups in total. The van der Waals surface area contributed by atoms with E-state index in [4.69, 9.17) is 9.73 Å². The number of hydrogen-bond acceptors (Lipinski definition) is 3. The van der Waals surface area contributed by atoms with Gasteiger partial charge < -0.3 is 20.3 Å². The fourth-order valence-corrected chi connectivity index (χ4v) is 4.15. The first-order valence-corrected chi connectivity index (χ1v) is 11.4. The van der Waals surface area contributed by atoms with Crippen LogP contribution in [0.15, 0.2) is 29.3 Å². The number of nitrogens with one attached hydrogen (secondary N) is 2. The smallest absolute Gasteiger partial charge is 0.191 e. The molecule has 1 aromatic rings. The monoisotopic (exact) mass is 400 g/mol. The van der Waals surface area contributed by atoms with Gasteiger partial charge in [0.25, 0.3) is 0 Å². The van der Waals surface area contributed by atoms with Gasteiger partial charge in [-0.2, -0.15) is 0 Å². The van der Waals surface area contributed by atoms with Crippen LogP contribution in [0.1, 0.15) is 58.1 Å². The summed E-state index contributed by atoms with van der Waals surface area (Å²) in [5, 5.41) is 7.08. The normalized spacial score (nSPS) is 22.1. The van der Waals surface area contributed by atoms with Gasteiger partial charge in [0, 0.05) is 38.8 Å². The molecule has 0 bridgehead atoms. The number of likely N-dealkylation sites (tertiary alicyclic amines) is 1. The lowest BCUT2D eigenvalue weighted by Crippen LogP contribution is -2.49. The van der Waals surface area contributed by atoms with E-state index in [1.54, 1.807) is 0 Å². The zero-order valence-electron chi connectivity index (χ0n) is 18.8. The molecule has 3 rings (SSSR count). The Morgan fingerprint density at radius 2 is 1.86 bits per heavy atom. The van der Waals surface area contributed by atoms with Crippen molar-refractivity contribution in [2.75, 3.05) is 39.4 Å². The fourth-order valence-electron chi connectivity index (χ4n) is 4.15. The van der Waals surface area contributed by atoms with Crippen molar-refractivity contribution in [2.24, 2.45) is 10.9 Å². The maximum Gasteiger partial charge on any atom is 0.191 e. The number of benzene rings is 1. The molecule has 1 unspecified atom stereocenters. The zero-order chi connectivity index (χ0) is 20.7. The lowest BCUT2D eigenvalue weighted by molar-refractivity contribution is 0.150. The van der Waals surface area contributed by atoms with E-state index in [1.165, 1.54) is 50.0 Å². The molecule has 1 aromatic carbocycles. The Kier molecular flexibility index (Phi) is 7.96. The number of nitrogens with zero attached hydrogens (tertiary/aromatic N) is 2. The molecular weight excluding hydrogens is 360 g/mol. The summed E-state index contributed by atoms with van der Waals surface area (Å²) in [5.74, 6) is 1.68. The Hall–Kier alpha value is -1.59. The Labute approximate surface area is 177 Å². The van der Waals surface area contributed by atoms with Crippen molar-refractivity contribution in [1.82, 2.24) is 15.5 Å². The van der Waals surface area contributed by atoms with Crippen LogP contribution in [0.3, 0.4) is 0 Å². The van der Waals surface area contributed by atoms with Crippen LogP contribution in [0.4, 0.5) is 0 Å². The van der Waals surface area contributed by atoms with E-state index in [2.05, 4.69) is 67.5 Å². The van der Waals surface area contributed by atoms with Gasteiger partial charge in [-0.05, 0) is 48.6 Å². The summed E-state index contributed by atoms with van der Waals surface area (Å²) in [6, 6.07) is 9.39. The third kappa shape index (κ3) is 7.00. The molecule has 1 atom stereocenters. The number of hydrogen-bond donors (Lipinski definition) is 2. The van der Waals surface area contributed by atoms with Gasteiger partial charge in [0.05, 0.1) is 13.2 Å². The predicted molar refractivity (Wildman–Crippen MR) is 121 cm³/mol. The number of guanidine groups is 1. The average Bonchev–Trinajstić information content (AvgIpc) is 3.20. The van der Waals surface area contributed by atoms with E-state index in [9.17, 15) is 0 Å². The van der Waals surface area contributed by atoms with E-state index < -0.39 is 0 Å². The first-order valence-electron chi connectivity index (χ1n) is 11.4. The summed E-state index contributed by atoms with van der Waals surface area (Å²) < 4.78 is 5.52. The average molecular weight is 401 g/mol. The van der Waals surface area contributed by atoms with Gasteiger partial charge in [0.2, 0.25) is 0 Å². The van der Waals surface area contributed by atoms with Crippen LogP contribution in [-0.2, 0) is 16.7 Å². The molecule has 0 saturated carbocycles. The molecule has 0 amide bonds. The Balaban J connectivity index is 1.48. The molecule has 2 heterocycles. The highest BCUT2D eigenvalue weighted by molar-refractivity contribution is 5.80. The molecule has 2 fully saturated rings. The minimum atomic E-state index is 0.192. The summed E-state index contributed by atoms with van der Waals surface area (Å²) in [4.78, 5) is 7.45. The summed E-state index contributed by atoms with van der Waals surface area (Å²) >= 11 is 0. The summed E-state index contributed by atoms with van der Waals surface area (Å²) in [6.07, 6.45) is 3.59. The molecule has 2 saturated heterocycles. The SMILES string of the molecule is CCNC(=NCc1ccc(C(C)(C)C)cc1)NC1CCN(CC2CCOC2)CC1. The summed E-state index contributed by atoms with van der Waals surface area (Å²) in [5.41, 5.74) is 2.81. The second kappa shape index (κ2) is 10.4. The Morgan fingerprint density at radius 3 is 2.45 bits per heavy atom. The van der Waals surface area contributed by atoms with Crippen LogP contribution >= 0.6 is 0 Å². The van der Waals surface area contributed by atoms with E-state index in [-0.39, 0.29) is 5.41 Å². The maximum atomic E-state index is 5.52. The molecule has 0 aromatic heterocycles. The lowest BCUT2D eigenvalue weighted by atomic mass is 9.87. The van der Waals surface area contributed by atoms with Crippen LogP contribution < -0.4 is 10.6 Å². The molecular formula is C24H40N4O. The van der Waals surface area contributed by atoms with Crippen LogP contribution in [0.2, 0.25) is 0 Å². The highest BCUT2D eigenvalue weighted by Crippen LogP contribution is 2.22. The predicted octanol–water partition coefficient (Wildman–Crippen LogP) is 3.54. The minimum Gasteiger partial charge on any atom is -0.381 e. The molecule has 2 aliphatic heterocycles. The van der Waals surface area contributed by atoms with Crippen molar-refractivity contribution in [3.05, 3.63) is 35.4 Å². The number of rotatable bonds is 6. The molecule has 5 heteroatoms. The summed E-state index contributed by atoms with van der Waals surface area (Å²) in [6.45, 7) is 15.9. The van der Waals surface area contributed by atoms with Gasteiger partial charge >= 0.3 is 0 Å². The van der Waals surface area contributed by atoms with E-state index >= 15 is 0 Å². The van der Waals surface area contributed by atoms with Gasteiger partial charge in [-0.25, -0.2) is 4.99 Å². The van der Waals surface area contributed by atoms with Crippen molar-refractivity contribution in [3.8, 4) is 0 Å². The van der Waals surface area contributed by atoms with E-state index in [0.29, 0.717) is 12.6 Å². The van der Waals surface area contributed by atoms with Crippen LogP contribution in [0.25, 0.3) is 0 Å². The van der Waals surface area contributed by atoms with Crippen molar-refractivity contribution in [3.63, 3.8) is 0 Å². The molecule has 0 radical (unpaired) electrons. The van der Waals surface area contributed by atoms with Gasteiger partial charge in [-0.3, -0.25) is 0 Å². The molecule has 2 aliphatic rings. The molecule has 5 nitrogen and oxygen atoms in total. The number of aliphatic imine (C=N–C) groups is 1. The van der Waals surface area contributed by atoms with Gasteiger partial charge in [-0.1, -0.05) is 45.0 Å². The third-order valence-electron chi connectivity index (χ3n) is 6.05. The molecule has 29 heavy (non-hydrogen) atoms. The highest BCUT2D eigenvalue weighted by Gasteiger charge is 2.24. The standard InChI is InChI=1S/C24H40N4O/c1-5-25-23(26-16-19-6-8-21(9-7-19)24(2,3)4)27-22-10-13-28(14-11-22)17-20-12-15-29-18-20/h6-9,20,22H,5,10-18H2,1-4H3,(H2,25,26,27). The Bertz CT molecular complexity index is 636. The van der Waals surface area contributed by atoms with Crippen molar-refractivity contribution in [1.29, 1.82) is 0 Å². The molecule has 0 spiro atoms. The molecule has 162 valence electrons. The lowest BCUT2D eigenvalue weighted by Gasteiger charge is -2.34. The highest BCUT2D eigenvalue weighted by atomic mass is 16.5. The minimum absolute atomic E-state index is 0.192. The first-order chi connectivity index (χ1) is 13.9. The number of ether oxygens (including phenoxy) is 1. The zero-order valence-corrected chi connectivity index (χ0v) is 18.8. The largest absolute Gasteiger partial charge is 0.381 e. The van der Waals surface area contributed by atoms with Crippen molar-refractivity contribution >= 4 is 5.96 Å². The van der Waals surface area contributed by atoms with Crippen LogP contribution in [0, 0.1) is 5.92 Å². The first kappa shape index (κ1) is 22.1. The Morgan fingerprint density at radius 1 is 1.14 bits per heavy atom. The topological polar surface area (TPSA) is 48.9 Å². The van der Waals surface area contributed by atoms with E-state index in [0.717, 1.165) is 31.6 Å². The third-order valence-corrected chi connectivity index (χ3v) is 6.05. The van der Waals surface area contributed by atoms with Gasteiger partial charge in [-0.15, -0.1) is 0 Å². The second-order valence-electron chi connectivity index (χ2n) is 9.59. The van der Waals surface area contributed by atoms with Crippen molar-refractivity contribution in [2.45, 2.75) is 65.0 Å². The second-order valence-corrected chi connectivity index (χ2v) is 9.59. The molecule has 0 aliphatic carbocycles. The quantitative estimate of drug-likeness (QED) is 0.566. The van der Waals surface area contributed by atoms with Crippen LogP contribution in [-0.4, -0.2) is 56.3 Å². The van der Waals surface area contributed by atoms with E-state index in [1.807, 2.05) is 0 Å².